The van der Waals surface area contributed by atoms with E-state index in [1.54, 1.807) is 4.88 Å². The zero-order valence-electron chi connectivity index (χ0n) is 6.76. The van der Waals surface area contributed by atoms with Gasteiger partial charge in [0.25, 0.3) is 0 Å². The maximum Gasteiger partial charge on any atom is 0.00921 e. The molecule has 60 valence electrons. The molecule has 0 bridgehead atoms. The Balaban J connectivity index is 2.15. The monoisotopic (exact) mass is 167 g/mol. The standard InChI is InChI=1S/C9H13NS/c1-7-2-3-9(11-7)8-4-5-10-6-8/h2-3,8,10H,4-6H2,1H3. The molecule has 2 heterocycles. The van der Waals surface area contributed by atoms with Crippen LogP contribution in [-0.2, 0) is 0 Å². The summed E-state index contributed by atoms with van der Waals surface area (Å²) >= 11 is 1.94. The summed E-state index contributed by atoms with van der Waals surface area (Å²) in [7, 11) is 0. The molecule has 0 amide bonds. The van der Waals surface area contributed by atoms with Crippen LogP contribution in [0.25, 0.3) is 0 Å². The average molecular weight is 167 g/mol. The SMILES string of the molecule is Cc1ccc(C2CCNC2)s1. The molecule has 0 aliphatic carbocycles. The summed E-state index contributed by atoms with van der Waals surface area (Å²) < 4.78 is 0. The number of hydrogen-bond acceptors (Lipinski definition) is 2. The highest BCUT2D eigenvalue weighted by Crippen LogP contribution is 2.28. The lowest BCUT2D eigenvalue weighted by atomic mass is 10.1. The molecule has 0 radical (unpaired) electrons. The summed E-state index contributed by atoms with van der Waals surface area (Å²) in [5.74, 6) is 0.800. The summed E-state index contributed by atoms with van der Waals surface area (Å²) in [6.45, 7) is 4.55. The van der Waals surface area contributed by atoms with Crippen molar-refractivity contribution in [3.8, 4) is 0 Å². The van der Waals surface area contributed by atoms with Crippen LogP contribution >= 0.6 is 11.3 Å². The second-order valence-electron chi connectivity index (χ2n) is 3.14. The van der Waals surface area contributed by atoms with Crippen LogP contribution < -0.4 is 5.32 Å². The van der Waals surface area contributed by atoms with Crippen molar-refractivity contribution >= 4 is 11.3 Å². The fourth-order valence-electron chi connectivity index (χ4n) is 1.57. The van der Waals surface area contributed by atoms with Gasteiger partial charge in [0.05, 0.1) is 0 Å². The zero-order chi connectivity index (χ0) is 7.68. The highest BCUT2D eigenvalue weighted by Gasteiger charge is 2.17. The molecule has 0 saturated carbocycles. The molecule has 1 fully saturated rings. The summed E-state index contributed by atoms with van der Waals surface area (Å²) in [6, 6.07) is 4.50. The van der Waals surface area contributed by atoms with E-state index in [0.717, 1.165) is 5.92 Å². The molecule has 11 heavy (non-hydrogen) atoms. The first-order chi connectivity index (χ1) is 5.36. The quantitative estimate of drug-likeness (QED) is 0.675. The van der Waals surface area contributed by atoms with Gasteiger partial charge in [-0.1, -0.05) is 0 Å². The van der Waals surface area contributed by atoms with Crippen LogP contribution in [0.4, 0.5) is 0 Å². The van der Waals surface area contributed by atoms with Crippen LogP contribution in [0.5, 0.6) is 0 Å². The minimum atomic E-state index is 0.800. The predicted octanol–water partition coefficient (Wildman–Crippen LogP) is 2.13. The lowest BCUT2D eigenvalue weighted by Gasteiger charge is -2.02. The Kier molecular flexibility index (Phi) is 1.96. The largest absolute Gasteiger partial charge is 0.316 e. The number of aryl methyl sites for hydroxylation is 1. The predicted molar refractivity (Wildman–Crippen MR) is 49.3 cm³/mol. The molecular formula is C9H13NS. The molecule has 1 aromatic heterocycles. The van der Waals surface area contributed by atoms with Gasteiger partial charge in [0.15, 0.2) is 0 Å². The normalized spacial score (nSPS) is 24.3. The number of hydrogen-bond donors (Lipinski definition) is 1. The van der Waals surface area contributed by atoms with Gasteiger partial charge >= 0.3 is 0 Å². The van der Waals surface area contributed by atoms with Crippen molar-refractivity contribution in [3.63, 3.8) is 0 Å². The van der Waals surface area contributed by atoms with Crippen molar-refractivity contribution in [1.29, 1.82) is 0 Å². The Hall–Kier alpha value is -0.340. The molecule has 1 unspecified atom stereocenters. The second kappa shape index (κ2) is 2.95. The molecule has 0 aromatic carbocycles. The number of nitrogens with one attached hydrogen (secondary N) is 1. The van der Waals surface area contributed by atoms with Crippen LogP contribution in [-0.4, -0.2) is 13.1 Å². The van der Waals surface area contributed by atoms with Crippen molar-refractivity contribution in [3.05, 3.63) is 21.9 Å². The van der Waals surface area contributed by atoms with Crippen molar-refractivity contribution in [2.45, 2.75) is 19.3 Å². The summed E-state index contributed by atoms with van der Waals surface area (Å²) in [4.78, 5) is 3.00. The van der Waals surface area contributed by atoms with E-state index in [2.05, 4.69) is 24.4 Å². The minimum Gasteiger partial charge on any atom is -0.316 e. The van der Waals surface area contributed by atoms with Crippen LogP contribution in [0.15, 0.2) is 12.1 Å². The maximum absolute atomic E-state index is 3.39. The van der Waals surface area contributed by atoms with E-state index in [1.165, 1.54) is 24.4 Å². The molecule has 1 N–H and O–H groups in total. The third-order valence-corrected chi connectivity index (χ3v) is 3.39. The number of rotatable bonds is 1. The van der Waals surface area contributed by atoms with E-state index < -0.39 is 0 Å². The third-order valence-electron chi connectivity index (χ3n) is 2.22. The van der Waals surface area contributed by atoms with Gasteiger partial charge < -0.3 is 5.32 Å². The molecule has 2 rings (SSSR count). The second-order valence-corrected chi connectivity index (χ2v) is 4.46. The first kappa shape index (κ1) is 7.32. The van der Waals surface area contributed by atoms with Crippen molar-refractivity contribution < 1.29 is 0 Å². The van der Waals surface area contributed by atoms with Gasteiger partial charge in [-0.2, -0.15) is 0 Å². The average Bonchev–Trinajstić information content (AvgIpc) is 2.55. The van der Waals surface area contributed by atoms with E-state index in [-0.39, 0.29) is 0 Å². The van der Waals surface area contributed by atoms with Crippen LogP contribution in [0, 0.1) is 6.92 Å². The Bertz CT molecular complexity index is 235. The summed E-state index contributed by atoms with van der Waals surface area (Å²) in [6.07, 6.45) is 1.32. The number of thiophene rings is 1. The smallest absolute Gasteiger partial charge is 0.00921 e. The lowest BCUT2D eigenvalue weighted by molar-refractivity contribution is 0.779. The topological polar surface area (TPSA) is 12.0 Å². The van der Waals surface area contributed by atoms with E-state index in [9.17, 15) is 0 Å². The molecule has 1 aliphatic rings. The highest BCUT2D eigenvalue weighted by molar-refractivity contribution is 7.12. The maximum atomic E-state index is 3.39. The fraction of sp³-hybridized carbons (Fsp3) is 0.556. The Morgan fingerprint density at radius 2 is 2.45 bits per heavy atom. The van der Waals surface area contributed by atoms with E-state index >= 15 is 0 Å². The van der Waals surface area contributed by atoms with Crippen LogP contribution in [0.3, 0.4) is 0 Å². The van der Waals surface area contributed by atoms with Gasteiger partial charge in [-0.25, -0.2) is 0 Å². The highest BCUT2D eigenvalue weighted by atomic mass is 32.1. The molecular weight excluding hydrogens is 154 g/mol. The van der Waals surface area contributed by atoms with Crippen molar-refractivity contribution in [2.24, 2.45) is 0 Å². The summed E-state index contributed by atoms with van der Waals surface area (Å²) in [5, 5.41) is 3.39. The van der Waals surface area contributed by atoms with Gasteiger partial charge in [0, 0.05) is 22.2 Å². The Labute approximate surface area is 71.4 Å². The zero-order valence-corrected chi connectivity index (χ0v) is 7.58. The van der Waals surface area contributed by atoms with Gasteiger partial charge in [-0.3, -0.25) is 0 Å². The van der Waals surface area contributed by atoms with Gasteiger partial charge in [0.2, 0.25) is 0 Å². The Morgan fingerprint density at radius 1 is 1.55 bits per heavy atom. The molecule has 1 atom stereocenters. The lowest BCUT2D eigenvalue weighted by Crippen LogP contribution is -2.07. The van der Waals surface area contributed by atoms with Crippen LogP contribution in [0.1, 0.15) is 22.1 Å². The first-order valence-electron chi connectivity index (χ1n) is 4.13. The minimum absolute atomic E-state index is 0.800. The van der Waals surface area contributed by atoms with Crippen LogP contribution in [0.2, 0.25) is 0 Å². The molecule has 2 heteroatoms. The first-order valence-corrected chi connectivity index (χ1v) is 4.95. The molecule has 1 aliphatic heterocycles. The summed E-state index contributed by atoms with van der Waals surface area (Å²) in [5.41, 5.74) is 0. The van der Waals surface area contributed by atoms with E-state index in [1.807, 2.05) is 11.3 Å². The van der Waals surface area contributed by atoms with Crippen molar-refractivity contribution in [2.75, 3.05) is 13.1 Å². The molecule has 0 spiro atoms. The van der Waals surface area contributed by atoms with Gasteiger partial charge in [-0.05, 0) is 32.0 Å². The van der Waals surface area contributed by atoms with E-state index in [4.69, 9.17) is 0 Å². The van der Waals surface area contributed by atoms with Gasteiger partial charge in [0.1, 0.15) is 0 Å². The van der Waals surface area contributed by atoms with Gasteiger partial charge in [-0.15, -0.1) is 11.3 Å². The molecule has 1 saturated heterocycles. The molecule has 1 nitrogen and oxygen atoms in total. The Morgan fingerprint density at radius 3 is 3.00 bits per heavy atom. The van der Waals surface area contributed by atoms with E-state index in [0.29, 0.717) is 0 Å². The third kappa shape index (κ3) is 1.47. The molecule has 1 aromatic rings. The van der Waals surface area contributed by atoms with Crippen molar-refractivity contribution in [1.82, 2.24) is 5.32 Å². The fourth-order valence-corrected chi connectivity index (χ4v) is 2.58.